The Morgan fingerprint density at radius 1 is 0.971 bits per heavy atom. The van der Waals surface area contributed by atoms with E-state index in [-0.39, 0.29) is 17.5 Å². The third kappa shape index (κ3) is 6.17. The van der Waals surface area contributed by atoms with E-state index in [1.54, 1.807) is 4.90 Å². The molecular formula is C27H34N4O3. The molecule has 0 aliphatic carbocycles. The third-order valence-corrected chi connectivity index (χ3v) is 6.04. The maximum atomic E-state index is 12.8. The highest BCUT2D eigenvalue weighted by Crippen LogP contribution is 2.19. The number of rotatable bonds is 6. The fourth-order valence-corrected chi connectivity index (χ4v) is 4.13. The molecule has 2 heterocycles. The molecule has 180 valence electrons. The summed E-state index contributed by atoms with van der Waals surface area (Å²) in [6.07, 6.45) is 2.28. The van der Waals surface area contributed by atoms with Crippen LogP contribution in [-0.4, -0.2) is 58.5 Å². The van der Waals surface area contributed by atoms with Gasteiger partial charge in [0, 0.05) is 49.8 Å². The number of aromatic nitrogens is 1. The summed E-state index contributed by atoms with van der Waals surface area (Å²) >= 11 is 0. The fourth-order valence-electron chi connectivity index (χ4n) is 4.13. The Balaban J connectivity index is 1.23. The molecule has 34 heavy (non-hydrogen) atoms. The number of carbonyl (C=O) groups is 2. The van der Waals surface area contributed by atoms with Gasteiger partial charge in [-0.2, -0.15) is 0 Å². The largest absolute Gasteiger partial charge is 0.371 e. The Hall–Kier alpha value is -3.32. The summed E-state index contributed by atoms with van der Waals surface area (Å²) in [7, 11) is 0. The van der Waals surface area contributed by atoms with Gasteiger partial charge in [-0.1, -0.05) is 42.5 Å². The SMILES string of the molecule is CC(C)(C)OCc1cccc(CNC(=O)N2CCN(C(=O)Cc3c[nH]c4ccccc34)CC2)c1. The number of H-pyrrole nitrogens is 1. The van der Waals surface area contributed by atoms with Gasteiger partial charge in [0.05, 0.1) is 18.6 Å². The molecule has 3 aromatic rings. The number of aromatic amines is 1. The molecule has 1 aliphatic heterocycles. The summed E-state index contributed by atoms with van der Waals surface area (Å²) in [6.45, 7) is 9.27. The van der Waals surface area contributed by atoms with E-state index in [1.165, 1.54) is 0 Å². The molecule has 0 bridgehead atoms. The zero-order valence-corrected chi connectivity index (χ0v) is 20.3. The van der Waals surface area contributed by atoms with Crippen molar-refractivity contribution in [3.63, 3.8) is 0 Å². The van der Waals surface area contributed by atoms with Crippen LogP contribution in [0.2, 0.25) is 0 Å². The highest BCUT2D eigenvalue weighted by Gasteiger charge is 2.24. The van der Waals surface area contributed by atoms with Crippen LogP contribution in [0.5, 0.6) is 0 Å². The van der Waals surface area contributed by atoms with Gasteiger partial charge in [-0.25, -0.2) is 4.79 Å². The molecule has 2 aromatic carbocycles. The topological polar surface area (TPSA) is 77.7 Å². The summed E-state index contributed by atoms with van der Waals surface area (Å²) < 4.78 is 5.84. The molecule has 7 heteroatoms. The first-order valence-electron chi connectivity index (χ1n) is 11.9. The Morgan fingerprint density at radius 3 is 2.44 bits per heavy atom. The lowest BCUT2D eigenvalue weighted by Gasteiger charge is -2.34. The number of amides is 3. The van der Waals surface area contributed by atoms with E-state index in [4.69, 9.17) is 4.74 Å². The number of benzene rings is 2. The highest BCUT2D eigenvalue weighted by atomic mass is 16.5. The first-order chi connectivity index (χ1) is 16.3. The van der Waals surface area contributed by atoms with Crippen LogP contribution < -0.4 is 5.32 Å². The van der Waals surface area contributed by atoms with E-state index in [2.05, 4.69) is 16.4 Å². The van der Waals surface area contributed by atoms with Crippen LogP contribution in [0.1, 0.15) is 37.5 Å². The second-order valence-electron chi connectivity index (χ2n) is 9.78. The molecular weight excluding hydrogens is 428 g/mol. The van der Waals surface area contributed by atoms with Crippen molar-refractivity contribution in [3.05, 3.63) is 71.4 Å². The molecule has 3 amide bonds. The van der Waals surface area contributed by atoms with Gasteiger partial charge in [-0.15, -0.1) is 0 Å². The van der Waals surface area contributed by atoms with Gasteiger partial charge in [0.1, 0.15) is 0 Å². The summed E-state index contributed by atoms with van der Waals surface area (Å²) in [5.41, 5.74) is 3.98. The second-order valence-corrected chi connectivity index (χ2v) is 9.78. The number of nitrogens with zero attached hydrogens (tertiary/aromatic N) is 2. The normalized spacial score (nSPS) is 14.4. The predicted molar refractivity (Wildman–Crippen MR) is 133 cm³/mol. The Bertz CT molecular complexity index is 1140. The van der Waals surface area contributed by atoms with Crippen molar-refractivity contribution in [3.8, 4) is 0 Å². The molecule has 1 saturated heterocycles. The van der Waals surface area contributed by atoms with Crippen molar-refractivity contribution in [2.75, 3.05) is 26.2 Å². The molecule has 1 aliphatic rings. The molecule has 1 fully saturated rings. The fraction of sp³-hybridized carbons (Fsp3) is 0.407. The van der Waals surface area contributed by atoms with E-state index >= 15 is 0 Å². The van der Waals surface area contributed by atoms with Gasteiger partial charge in [0.2, 0.25) is 5.91 Å². The number of para-hydroxylation sites is 1. The number of nitrogens with one attached hydrogen (secondary N) is 2. The molecule has 1 aromatic heterocycles. The number of urea groups is 1. The minimum Gasteiger partial charge on any atom is -0.371 e. The maximum absolute atomic E-state index is 12.8. The van der Waals surface area contributed by atoms with Crippen molar-refractivity contribution < 1.29 is 14.3 Å². The molecule has 7 nitrogen and oxygen atoms in total. The van der Waals surface area contributed by atoms with E-state index < -0.39 is 0 Å². The minimum absolute atomic E-state index is 0.0964. The van der Waals surface area contributed by atoms with Crippen LogP contribution in [0.4, 0.5) is 4.79 Å². The van der Waals surface area contributed by atoms with Crippen molar-refractivity contribution in [1.82, 2.24) is 20.1 Å². The third-order valence-electron chi connectivity index (χ3n) is 6.04. The lowest BCUT2D eigenvalue weighted by atomic mass is 10.1. The molecule has 0 atom stereocenters. The summed E-state index contributed by atoms with van der Waals surface area (Å²) in [6, 6.07) is 16.0. The molecule has 0 spiro atoms. The Kier molecular flexibility index (Phi) is 7.22. The van der Waals surface area contributed by atoms with Crippen molar-refractivity contribution in [2.24, 2.45) is 0 Å². The van der Waals surface area contributed by atoms with E-state index in [1.807, 2.05) is 74.3 Å². The van der Waals surface area contributed by atoms with E-state index in [9.17, 15) is 9.59 Å². The van der Waals surface area contributed by atoms with E-state index in [0.29, 0.717) is 45.8 Å². The number of piperazine rings is 1. The van der Waals surface area contributed by atoms with Gasteiger partial charge in [-0.05, 0) is 43.5 Å². The second kappa shape index (κ2) is 10.3. The molecule has 2 N–H and O–H groups in total. The van der Waals surface area contributed by atoms with Gasteiger partial charge in [0.15, 0.2) is 0 Å². The van der Waals surface area contributed by atoms with Gasteiger partial charge in [-0.3, -0.25) is 4.79 Å². The monoisotopic (exact) mass is 462 g/mol. The molecule has 0 unspecified atom stereocenters. The summed E-state index contributed by atoms with van der Waals surface area (Å²) in [5, 5.41) is 4.09. The van der Waals surface area contributed by atoms with Crippen molar-refractivity contribution in [2.45, 2.75) is 45.9 Å². The standard InChI is InChI=1S/C27H34N4O3/c1-27(2,3)34-19-21-8-6-7-20(15-21)17-29-26(33)31-13-11-30(12-14-31)25(32)16-22-18-28-24-10-5-4-9-23(22)24/h4-10,15,18,28H,11-14,16-17,19H2,1-3H3,(H,29,33). The number of hydrogen-bond acceptors (Lipinski definition) is 3. The Morgan fingerprint density at radius 2 is 1.68 bits per heavy atom. The lowest BCUT2D eigenvalue weighted by Crippen LogP contribution is -2.53. The van der Waals surface area contributed by atoms with Crippen LogP contribution in [-0.2, 0) is 29.1 Å². The first-order valence-corrected chi connectivity index (χ1v) is 11.9. The van der Waals surface area contributed by atoms with Crippen LogP contribution in [0, 0.1) is 0 Å². The number of ether oxygens (including phenoxy) is 1. The van der Waals surface area contributed by atoms with Crippen LogP contribution >= 0.6 is 0 Å². The minimum atomic E-state index is -0.191. The smallest absolute Gasteiger partial charge is 0.317 e. The quantitative estimate of drug-likeness (QED) is 0.580. The molecule has 0 radical (unpaired) electrons. The summed E-state index contributed by atoms with van der Waals surface area (Å²) in [4.78, 5) is 32.4. The van der Waals surface area contributed by atoms with Gasteiger partial charge in [0.25, 0.3) is 0 Å². The number of fused-ring (bicyclic) bond motifs is 1. The average Bonchev–Trinajstić information content (AvgIpc) is 3.24. The maximum Gasteiger partial charge on any atom is 0.317 e. The van der Waals surface area contributed by atoms with Crippen LogP contribution in [0.25, 0.3) is 10.9 Å². The van der Waals surface area contributed by atoms with Crippen molar-refractivity contribution in [1.29, 1.82) is 0 Å². The van der Waals surface area contributed by atoms with Crippen LogP contribution in [0.3, 0.4) is 0 Å². The number of carbonyl (C=O) groups excluding carboxylic acids is 2. The highest BCUT2D eigenvalue weighted by molar-refractivity contribution is 5.89. The molecule has 0 saturated carbocycles. The summed E-state index contributed by atoms with van der Waals surface area (Å²) in [5.74, 6) is 0.0964. The lowest BCUT2D eigenvalue weighted by molar-refractivity contribution is -0.131. The average molecular weight is 463 g/mol. The van der Waals surface area contributed by atoms with Gasteiger partial charge < -0.3 is 24.8 Å². The van der Waals surface area contributed by atoms with Gasteiger partial charge >= 0.3 is 6.03 Å². The van der Waals surface area contributed by atoms with E-state index in [0.717, 1.165) is 27.6 Å². The Labute approximate surface area is 201 Å². The first kappa shape index (κ1) is 23.8. The number of hydrogen-bond donors (Lipinski definition) is 2. The zero-order valence-electron chi connectivity index (χ0n) is 20.3. The van der Waals surface area contributed by atoms with Crippen molar-refractivity contribution >= 4 is 22.8 Å². The molecule has 4 rings (SSSR count). The van der Waals surface area contributed by atoms with Crippen LogP contribution in [0.15, 0.2) is 54.7 Å². The predicted octanol–water partition coefficient (Wildman–Crippen LogP) is 4.08. The zero-order chi connectivity index (χ0) is 24.1.